The SMILES string of the molecule is C=C(NC1CC(C)(C)CC(C)(CC)C1)C(C)CCCCC(C)(C)C. The fraction of sp³-hybridized carbons (Fsp3) is 0.913. The fourth-order valence-corrected chi connectivity index (χ4v) is 4.69. The van der Waals surface area contributed by atoms with Gasteiger partial charge in [0, 0.05) is 11.7 Å². The van der Waals surface area contributed by atoms with Gasteiger partial charge in [-0.3, -0.25) is 0 Å². The lowest BCUT2D eigenvalue weighted by Gasteiger charge is -2.47. The highest BCUT2D eigenvalue weighted by Crippen LogP contribution is 2.48. The lowest BCUT2D eigenvalue weighted by Crippen LogP contribution is -2.44. The number of allylic oxidation sites excluding steroid dienone is 1. The van der Waals surface area contributed by atoms with Crippen LogP contribution in [-0.2, 0) is 0 Å². The first-order valence-corrected chi connectivity index (χ1v) is 10.3. The van der Waals surface area contributed by atoms with Crippen molar-refractivity contribution in [1.82, 2.24) is 5.32 Å². The van der Waals surface area contributed by atoms with Crippen LogP contribution in [0.4, 0.5) is 0 Å². The lowest BCUT2D eigenvalue weighted by molar-refractivity contribution is 0.0701. The molecule has 0 saturated heterocycles. The molecule has 1 N–H and O–H groups in total. The molecule has 24 heavy (non-hydrogen) atoms. The highest BCUT2D eigenvalue weighted by atomic mass is 14.9. The number of unbranched alkanes of at least 4 members (excludes halogenated alkanes) is 1. The molecule has 0 radical (unpaired) electrons. The van der Waals surface area contributed by atoms with Gasteiger partial charge in [-0.2, -0.15) is 0 Å². The Labute approximate surface area is 153 Å². The standard InChI is InChI=1S/C23H45N/c1-10-23(9)16-20(15-22(7,8)17-23)24-19(3)18(2)13-11-12-14-21(4,5)6/h18,20,24H,3,10-17H2,1-2,4-9H3. The predicted molar refractivity (Wildman–Crippen MR) is 109 cm³/mol. The molecule has 0 aromatic heterocycles. The van der Waals surface area contributed by atoms with E-state index in [0.717, 1.165) is 0 Å². The summed E-state index contributed by atoms with van der Waals surface area (Å²) in [4.78, 5) is 0. The second-order valence-corrected chi connectivity index (χ2v) is 11.0. The molecule has 0 aromatic carbocycles. The quantitative estimate of drug-likeness (QED) is 0.458. The average molecular weight is 336 g/mol. The third-order valence-corrected chi connectivity index (χ3v) is 6.10. The third kappa shape index (κ3) is 7.62. The van der Waals surface area contributed by atoms with Crippen LogP contribution in [0.3, 0.4) is 0 Å². The van der Waals surface area contributed by atoms with Crippen LogP contribution >= 0.6 is 0 Å². The van der Waals surface area contributed by atoms with Gasteiger partial charge in [-0.05, 0) is 54.3 Å². The van der Waals surface area contributed by atoms with E-state index in [1.807, 2.05) is 0 Å². The summed E-state index contributed by atoms with van der Waals surface area (Å²) < 4.78 is 0. The van der Waals surface area contributed by atoms with Crippen LogP contribution in [0.1, 0.15) is 107 Å². The van der Waals surface area contributed by atoms with Crippen molar-refractivity contribution in [3.05, 3.63) is 12.3 Å². The van der Waals surface area contributed by atoms with E-state index in [9.17, 15) is 0 Å². The number of rotatable bonds is 8. The molecule has 0 bridgehead atoms. The van der Waals surface area contributed by atoms with Crippen molar-refractivity contribution < 1.29 is 0 Å². The minimum Gasteiger partial charge on any atom is -0.386 e. The highest BCUT2D eigenvalue weighted by molar-refractivity contribution is 5.03. The van der Waals surface area contributed by atoms with E-state index < -0.39 is 0 Å². The third-order valence-electron chi connectivity index (χ3n) is 6.10. The number of nitrogens with one attached hydrogen (secondary N) is 1. The molecular weight excluding hydrogens is 290 g/mol. The molecule has 0 aromatic rings. The maximum atomic E-state index is 4.39. The van der Waals surface area contributed by atoms with Crippen LogP contribution in [-0.4, -0.2) is 6.04 Å². The van der Waals surface area contributed by atoms with Gasteiger partial charge >= 0.3 is 0 Å². The van der Waals surface area contributed by atoms with Crippen LogP contribution in [0.15, 0.2) is 12.3 Å². The van der Waals surface area contributed by atoms with Gasteiger partial charge < -0.3 is 5.32 Å². The van der Waals surface area contributed by atoms with Crippen LogP contribution in [0.25, 0.3) is 0 Å². The summed E-state index contributed by atoms with van der Waals surface area (Å²) in [5, 5.41) is 3.83. The van der Waals surface area contributed by atoms with Crippen molar-refractivity contribution in [3.8, 4) is 0 Å². The van der Waals surface area contributed by atoms with E-state index in [1.54, 1.807) is 0 Å². The first-order chi connectivity index (χ1) is 10.9. The minimum atomic E-state index is 0.441. The van der Waals surface area contributed by atoms with E-state index in [2.05, 4.69) is 67.3 Å². The molecule has 1 saturated carbocycles. The molecule has 0 spiro atoms. The van der Waals surface area contributed by atoms with E-state index in [1.165, 1.54) is 57.1 Å². The maximum absolute atomic E-state index is 4.39. The zero-order valence-electron chi connectivity index (χ0n) is 18.0. The second kappa shape index (κ2) is 8.28. The topological polar surface area (TPSA) is 12.0 Å². The summed E-state index contributed by atoms with van der Waals surface area (Å²) in [6.45, 7) is 23.5. The summed E-state index contributed by atoms with van der Waals surface area (Å²) in [5.41, 5.74) is 2.66. The van der Waals surface area contributed by atoms with E-state index >= 15 is 0 Å². The Bertz CT molecular complexity index is 401. The number of hydrogen-bond acceptors (Lipinski definition) is 1. The van der Waals surface area contributed by atoms with E-state index in [0.29, 0.717) is 28.2 Å². The van der Waals surface area contributed by atoms with Crippen molar-refractivity contribution in [3.63, 3.8) is 0 Å². The smallest absolute Gasteiger partial charge is 0.0268 e. The van der Waals surface area contributed by atoms with Crippen LogP contribution < -0.4 is 5.32 Å². The Balaban J connectivity index is 2.45. The molecule has 1 aliphatic rings. The minimum absolute atomic E-state index is 0.441. The molecule has 3 atom stereocenters. The van der Waals surface area contributed by atoms with Crippen LogP contribution in [0, 0.1) is 22.2 Å². The van der Waals surface area contributed by atoms with E-state index in [-0.39, 0.29) is 0 Å². The maximum Gasteiger partial charge on any atom is 0.0268 e. The first-order valence-electron chi connectivity index (χ1n) is 10.3. The molecular formula is C23H45N. The van der Waals surface area contributed by atoms with Crippen molar-refractivity contribution >= 4 is 0 Å². The van der Waals surface area contributed by atoms with Crippen LogP contribution in [0.5, 0.6) is 0 Å². The summed E-state index contributed by atoms with van der Waals surface area (Å²) in [6.07, 6.45) is 10.5. The van der Waals surface area contributed by atoms with Gasteiger partial charge in [0.15, 0.2) is 0 Å². The van der Waals surface area contributed by atoms with E-state index in [4.69, 9.17) is 0 Å². The fourth-order valence-electron chi connectivity index (χ4n) is 4.69. The predicted octanol–water partition coefficient (Wildman–Crippen LogP) is 7.33. The van der Waals surface area contributed by atoms with Gasteiger partial charge in [-0.15, -0.1) is 0 Å². The Morgan fingerprint density at radius 3 is 2.33 bits per heavy atom. The summed E-state index contributed by atoms with van der Waals surface area (Å²) in [5.74, 6) is 0.586. The second-order valence-electron chi connectivity index (χ2n) is 11.0. The largest absolute Gasteiger partial charge is 0.386 e. The molecule has 0 aliphatic heterocycles. The summed E-state index contributed by atoms with van der Waals surface area (Å²) >= 11 is 0. The van der Waals surface area contributed by atoms with Gasteiger partial charge in [-0.25, -0.2) is 0 Å². The monoisotopic (exact) mass is 335 g/mol. The van der Waals surface area contributed by atoms with Gasteiger partial charge in [0.2, 0.25) is 0 Å². The molecule has 142 valence electrons. The molecule has 1 aliphatic carbocycles. The highest BCUT2D eigenvalue weighted by Gasteiger charge is 2.40. The van der Waals surface area contributed by atoms with Gasteiger partial charge in [0.1, 0.15) is 0 Å². The normalized spacial score (nSPS) is 28.4. The molecule has 1 fully saturated rings. The average Bonchev–Trinajstić information content (AvgIpc) is 2.40. The van der Waals surface area contributed by atoms with Crippen molar-refractivity contribution in [1.29, 1.82) is 0 Å². The molecule has 0 heterocycles. The Hall–Kier alpha value is -0.460. The first kappa shape index (κ1) is 21.6. The molecule has 3 unspecified atom stereocenters. The van der Waals surface area contributed by atoms with Crippen molar-refractivity contribution in [2.75, 3.05) is 0 Å². The summed E-state index contributed by atoms with van der Waals surface area (Å²) in [7, 11) is 0. The zero-order chi connectivity index (χ0) is 18.6. The lowest BCUT2D eigenvalue weighted by atomic mass is 9.61. The van der Waals surface area contributed by atoms with Crippen molar-refractivity contribution in [2.45, 2.75) is 113 Å². The molecule has 0 amide bonds. The Morgan fingerprint density at radius 1 is 1.17 bits per heavy atom. The van der Waals surface area contributed by atoms with Crippen LogP contribution in [0.2, 0.25) is 0 Å². The number of hydrogen-bond donors (Lipinski definition) is 1. The van der Waals surface area contributed by atoms with Gasteiger partial charge in [-0.1, -0.05) is 81.2 Å². The Kier molecular flexibility index (Phi) is 7.45. The van der Waals surface area contributed by atoms with Gasteiger partial charge in [0.25, 0.3) is 0 Å². The summed E-state index contributed by atoms with van der Waals surface area (Å²) in [6, 6.07) is 0.600. The molecule has 1 heteroatoms. The molecule has 1 rings (SSSR count). The van der Waals surface area contributed by atoms with Gasteiger partial charge in [0.05, 0.1) is 0 Å². The Morgan fingerprint density at radius 2 is 1.79 bits per heavy atom. The molecule has 1 nitrogen and oxygen atoms in total. The zero-order valence-corrected chi connectivity index (χ0v) is 18.0. The van der Waals surface area contributed by atoms with Crippen molar-refractivity contribution in [2.24, 2.45) is 22.2 Å².